The number of hydrogen-bond donors (Lipinski definition) is 13. The molecule has 2 aliphatic rings. The van der Waals surface area contributed by atoms with E-state index in [9.17, 15) is 64.2 Å². The normalized spacial score (nSPS) is 18.4. The van der Waals surface area contributed by atoms with Gasteiger partial charge in [0.15, 0.2) is 36.3 Å². The summed E-state index contributed by atoms with van der Waals surface area (Å²) in [5.41, 5.74) is 23.0. The average Bonchev–Trinajstić information content (AvgIpc) is 1.09. The highest BCUT2D eigenvalue weighted by Crippen LogP contribution is 2.29. The van der Waals surface area contributed by atoms with Crippen LogP contribution in [0.4, 0.5) is 9.59 Å². The van der Waals surface area contributed by atoms with Gasteiger partial charge in [-0.05, 0) is 12.2 Å². The Morgan fingerprint density at radius 1 is 0.564 bits per heavy atom. The van der Waals surface area contributed by atoms with Gasteiger partial charge in [0.25, 0.3) is 0 Å². The lowest BCUT2D eigenvalue weighted by molar-refractivity contribution is -0.147. The van der Waals surface area contributed by atoms with Crippen LogP contribution in [-0.4, -0.2) is 360 Å². The summed E-state index contributed by atoms with van der Waals surface area (Å²) in [4.78, 5) is 98.9. The molecule has 101 heavy (non-hydrogen) atoms. The molecule has 0 bridgehead atoms. The summed E-state index contributed by atoms with van der Waals surface area (Å²) in [7, 11) is 2.70. The number of nitrogens with one attached hydrogen (secondary N) is 3. The molecule has 0 unspecified atom stereocenters. The lowest BCUT2D eigenvalue weighted by Crippen LogP contribution is -2.61. The van der Waals surface area contributed by atoms with E-state index in [4.69, 9.17) is 89.3 Å². The number of likely N-dealkylation sites (N-methyl/N-ethyl adjacent to an activating group) is 2. The molecule has 43 heteroatoms. The van der Waals surface area contributed by atoms with E-state index < -0.39 is 133 Å². The van der Waals surface area contributed by atoms with Crippen LogP contribution in [0.25, 0.3) is 0 Å². The van der Waals surface area contributed by atoms with Gasteiger partial charge in [0.05, 0.1) is 212 Å². The van der Waals surface area contributed by atoms with Crippen molar-refractivity contribution in [3.05, 3.63) is 35.6 Å². The molecular weight excluding hydrogens is 1470 g/mol. The predicted molar refractivity (Wildman–Crippen MR) is 358 cm³/mol. The highest BCUT2D eigenvalue weighted by Gasteiger charge is 2.48. The van der Waals surface area contributed by atoms with Gasteiger partial charge < -0.3 is 140 Å². The molecule has 1 aromatic rings. The summed E-state index contributed by atoms with van der Waals surface area (Å²) in [6, 6.07) is -5.12. The smallest absolute Gasteiger partial charge is 0.410 e. The van der Waals surface area contributed by atoms with E-state index in [0.717, 1.165) is 35.8 Å². The number of hydrogen-bond acceptors (Lipinski definition) is 30. The van der Waals surface area contributed by atoms with Crippen molar-refractivity contribution in [2.45, 2.75) is 94.2 Å². The Morgan fingerprint density at radius 2 is 0.921 bits per heavy atom. The molecule has 0 aromatic carbocycles. The molecule has 0 radical (unpaired) electrons. The zero-order valence-electron chi connectivity index (χ0n) is 57.0. The van der Waals surface area contributed by atoms with Crippen LogP contribution in [-0.2, 0) is 103 Å². The lowest BCUT2D eigenvalue weighted by Gasteiger charge is -2.40. The molecule has 2 aliphatic heterocycles. The molecule has 3 rings (SSSR count). The number of amides is 5. The summed E-state index contributed by atoms with van der Waals surface area (Å²) in [6.07, 6.45) is -8.50. The number of aliphatic hydroxyl groups excluding tert-OH is 4. The van der Waals surface area contributed by atoms with Crippen molar-refractivity contribution in [3.8, 4) is 0 Å². The van der Waals surface area contributed by atoms with Crippen LogP contribution in [0.1, 0.15) is 26.0 Å². The number of carbonyl (C=O) groups excluding carboxylic acids is 5. The second-order valence-electron chi connectivity index (χ2n) is 22.1. The lowest BCUT2D eigenvalue weighted by atomic mass is 9.92. The van der Waals surface area contributed by atoms with Crippen LogP contribution in [0, 0.1) is 0 Å². The van der Waals surface area contributed by atoms with Crippen LogP contribution in [0.3, 0.4) is 0 Å². The first-order chi connectivity index (χ1) is 48.4. The SMILES string of the molecule is CC(=O)N[C@H]1[C@H]([C@H](OC(=O)N(C)CCOCCN(CCOCCOCCOCCOCc2cn(CCOCCOCCOCCOCCC(=O)NI)nn2)CCOCCN(C)C(=O)O[C@@H]([C@@H]2OC(C(=O)O)=C[C@H](N=C(N)N)[C@H]2NC(C)=O)[C@H](O)CO)[C@H](O)CO)OC(C(=O)O)=C[C@@H]1N=C(N)N. The molecule has 3 heterocycles. The number of halogens is 1. The molecular formula is C58H100IN15O27. The summed E-state index contributed by atoms with van der Waals surface area (Å²) in [6.45, 7) is 7.17. The highest BCUT2D eigenvalue weighted by atomic mass is 127. The monoisotopic (exact) mass is 1570 g/mol. The van der Waals surface area contributed by atoms with Crippen molar-refractivity contribution >= 4 is 76.6 Å². The summed E-state index contributed by atoms with van der Waals surface area (Å²) >= 11 is 1.78. The quantitative estimate of drug-likeness (QED) is 0.00949. The van der Waals surface area contributed by atoms with Crippen LogP contribution in [0.5, 0.6) is 0 Å². The van der Waals surface area contributed by atoms with Crippen LogP contribution >= 0.6 is 22.9 Å². The van der Waals surface area contributed by atoms with Crippen molar-refractivity contribution in [2.75, 3.05) is 186 Å². The van der Waals surface area contributed by atoms with Crippen molar-refractivity contribution < 1.29 is 131 Å². The third kappa shape index (κ3) is 36.5. The predicted octanol–water partition coefficient (Wildman–Crippen LogP) is -6.29. The second-order valence-corrected chi connectivity index (χ2v) is 22.6. The Hall–Kier alpha value is -7.22. The molecule has 0 spiro atoms. The number of carbonyl (C=O) groups is 7. The molecule has 0 fully saturated rings. The molecule has 10 atom stereocenters. The zero-order valence-corrected chi connectivity index (χ0v) is 59.2. The number of rotatable bonds is 55. The van der Waals surface area contributed by atoms with E-state index in [2.05, 4.69) is 34.5 Å². The first kappa shape index (κ1) is 88.0. The van der Waals surface area contributed by atoms with Gasteiger partial charge >= 0.3 is 24.1 Å². The fourth-order valence-electron chi connectivity index (χ4n) is 9.13. The number of aliphatic carboxylic acids is 2. The topological polar surface area (TPSA) is 575 Å². The number of aliphatic imine (C=N–C) groups is 2. The third-order valence-electron chi connectivity index (χ3n) is 14.2. The fourth-order valence-corrected chi connectivity index (χ4v) is 9.40. The van der Waals surface area contributed by atoms with Gasteiger partial charge in [0.2, 0.25) is 29.2 Å². The van der Waals surface area contributed by atoms with Crippen LogP contribution in [0.2, 0.25) is 0 Å². The standard InChI is InChI=1S/C58H100IN15O27/c1-37(77)64-47-40(66-55(60)61)31-44(53(82)83)98-51(47)49(42(79)34-75)100-57(86)71(3)6-13-89-15-8-73(9-16-90-14-7-72(4)58(87)101-50(43(80)35-76)52-48(65-38(2)78)41(67-56(62)63)32-45(99-52)54(84)85)10-17-91-20-23-94-27-28-96-29-30-97-36-39-33-74(70-69-39)11-18-92-21-24-95-26-25-93-22-19-88-12-5-46(81)68-59/h31-33,40-43,47-52,75-76,79-80H,5-30,34-36H2,1-4H3,(H,64,77)(H,65,78)(H,68,81)(H,82,83)(H,84,85)(H4,60,61,66)(H4,62,63,67)/t40-,41-,42+,43+,47+,48+,49+,50+,51+,52+/m0/s1. The van der Waals surface area contributed by atoms with Crippen molar-refractivity contribution in [2.24, 2.45) is 32.9 Å². The molecule has 42 nitrogen and oxygen atoms in total. The van der Waals surface area contributed by atoms with E-state index in [1.165, 1.54) is 14.1 Å². The summed E-state index contributed by atoms with van der Waals surface area (Å²) < 4.78 is 82.9. The Balaban J connectivity index is 1.48. The van der Waals surface area contributed by atoms with Crippen LogP contribution < -0.4 is 37.1 Å². The maximum atomic E-state index is 13.5. The van der Waals surface area contributed by atoms with Gasteiger partial charge in [-0.3, -0.25) is 22.8 Å². The van der Waals surface area contributed by atoms with Crippen molar-refractivity contribution in [1.29, 1.82) is 0 Å². The maximum Gasteiger partial charge on any atom is 0.410 e. The molecule has 1 aromatic heterocycles. The molecule has 0 saturated carbocycles. The number of nitrogens with zero attached hydrogens (tertiary/aromatic N) is 8. The van der Waals surface area contributed by atoms with Crippen LogP contribution in [0.15, 0.2) is 39.9 Å². The molecule has 5 amide bonds. The average molecular weight is 1570 g/mol. The second kappa shape index (κ2) is 51.0. The van der Waals surface area contributed by atoms with Crippen molar-refractivity contribution in [3.63, 3.8) is 0 Å². The first-order valence-corrected chi connectivity index (χ1v) is 33.1. The van der Waals surface area contributed by atoms with Gasteiger partial charge in [-0.1, -0.05) is 5.21 Å². The Kier molecular flexibility index (Phi) is 44.4. The number of aromatic nitrogens is 3. The Morgan fingerprint density at radius 3 is 1.29 bits per heavy atom. The molecule has 17 N–H and O–H groups in total. The number of ether oxygens (including phenoxy) is 14. The fraction of sp³-hybridized carbons (Fsp3) is 0.741. The molecule has 0 aliphatic carbocycles. The summed E-state index contributed by atoms with van der Waals surface area (Å²) in [5, 5.41) is 74.5. The Bertz CT molecular complexity index is 2610. The van der Waals surface area contributed by atoms with E-state index in [1.807, 2.05) is 4.90 Å². The number of carboxylic acids is 2. The largest absolute Gasteiger partial charge is 0.477 e. The van der Waals surface area contributed by atoms with Gasteiger partial charge in [-0.15, -0.1) is 5.10 Å². The van der Waals surface area contributed by atoms with Crippen molar-refractivity contribution in [1.82, 2.24) is 43.9 Å². The minimum absolute atomic E-state index is 0.0451. The minimum atomic E-state index is -1.85. The van der Waals surface area contributed by atoms with Gasteiger partial charge in [0, 0.05) is 60.7 Å². The van der Waals surface area contributed by atoms with Gasteiger partial charge in [-0.2, -0.15) is 0 Å². The molecule has 576 valence electrons. The third-order valence-corrected chi connectivity index (χ3v) is 14.8. The van der Waals surface area contributed by atoms with E-state index >= 15 is 0 Å². The van der Waals surface area contributed by atoms with Gasteiger partial charge in [-0.25, -0.2) is 33.8 Å². The number of aliphatic hydroxyl groups is 4. The first-order valence-electron chi connectivity index (χ1n) is 32.0. The Labute approximate surface area is 596 Å². The number of nitrogens with two attached hydrogens (primary N) is 4. The molecule has 0 saturated heterocycles. The van der Waals surface area contributed by atoms with E-state index in [1.54, 1.807) is 33.7 Å². The van der Waals surface area contributed by atoms with Gasteiger partial charge in [0.1, 0.15) is 17.9 Å². The maximum absolute atomic E-state index is 13.5. The van der Waals surface area contributed by atoms with E-state index in [-0.39, 0.29) is 78.5 Å². The number of guanidine groups is 2. The highest BCUT2D eigenvalue weighted by molar-refractivity contribution is 14.1. The summed E-state index contributed by atoms with van der Waals surface area (Å²) in [5.74, 6) is -6.84. The minimum Gasteiger partial charge on any atom is -0.477 e. The van der Waals surface area contributed by atoms with E-state index in [0.29, 0.717) is 111 Å². The number of carboxylic acid groups (broad SMARTS) is 2. The zero-order chi connectivity index (χ0) is 74.5.